The minimum atomic E-state index is -2.03. The highest BCUT2D eigenvalue weighted by Gasteiger charge is 2.59. The summed E-state index contributed by atoms with van der Waals surface area (Å²) in [6.45, 7) is 42.5. The van der Waals surface area contributed by atoms with E-state index in [2.05, 4.69) is 134 Å². The van der Waals surface area contributed by atoms with Crippen LogP contribution >= 0.6 is 0 Å². The first-order valence-corrected chi connectivity index (χ1v) is 30.5. The van der Waals surface area contributed by atoms with Gasteiger partial charge < -0.3 is 18.0 Å². The molecule has 2 fully saturated rings. The van der Waals surface area contributed by atoms with E-state index < -0.39 is 25.0 Å². The topological polar surface area (TPSA) is 36.9 Å². The molecule has 6 atom stereocenters. The predicted octanol–water partition coefficient (Wildman–Crippen LogP) is 14.2. The van der Waals surface area contributed by atoms with Gasteiger partial charge in [-0.3, -0.25) is 0 Å². The number of fused-ring (bicyclic) bond motifs is 5. The Bertz CT molecular complexity index is 1330. The van der Waals surface area contributed by atoms with Crippen LogP contribution in [-0.2, 0) is 18.0 Å². The lowest BCUT2D eigenvalue weighted by atomic mass is 9.50. The zero-order chi connectivity index (χ0) is 39.9. The Balaban J connectivity index is 1.50. The smallest absolute Gasteiger partial charge is 0.192 e. The summed E-state index contributed by atoms with van der Waals surface area (Å²) in [7, 11) is -5.61. The van der Waals surface area contributed by atoms with Crippen LogP contribution in [-0.4, -0.2) is 56.0 Å². The van der Waals surface area contributed by atoms with Gasteiger partial charge in [0.1, 0.15) is 0 Å². The van der Waals surface area contributed by atoms with Crippen molar-refractivity contribution in [2.75, 3.05) is 13.2 Å². The predicted molar refractivity (Wildman–Crippen MR) is 236 cm³/mol. The highest BCUT2D eigenvalue weighted by Crippen LogP contribution is 2.64. The van der Waals surface area contributed by atoms with Gasteiger partial charge in [-0.05, 0) is 135 Å². The molecule has 0 amide bonds. The van der Waals surface area contributed by atoms with E-state index in [9.17, 15) is 0 Å². The Morgan fingerprint density at radius 1 is 0.792 bits per heavy atom. The summed E-state index contributed by atoms with van der Waals surface area (Å²) in [4.78, 5) is 0. The highest BCUT2D eigenvalue weighted by molar-refractivity contribution is 6.74. The lowest BCUT2D eigenvalue weighted by Gasteiger charge is -2.59. The summed E-state index contributed by atoms with van der Waals surface area (Å²) in [5, 5.41) is 0.357. The Hall–Kier alpha value is -0.289. The molecular weight excluding hydrogens is 701 g/mol. The molecule has 2 saturated carbocycles. The lowest BCUT2D eigenvalue weighted by Crippen LogP contribution is -2.58. The lowest BCUT2D eigenvalue weighted by molar-refractivity contribution is -0.0392. The molecule has 0 saturated heterocycles. The maximum atomic E-state index is 7.58. The first kappa shape index (κ1) is 45.4. The van der Waals surface area contributed by atoms with Gasteiger partial charge in [0.05, 0.1) is 24.4 Å². The number of hydrogen-bond acceptors (Lipinski definition) is 4. The number of hydrogen-bond donors (Lipinski definition) is 0. The number of allylic oxidation sites excluding steroid dienone is 4. The second-order valence-electron chi connectivity index (χ2n) is 21.4. The van der Waals surface area contributed by atoms with Crippen LogP contribution in [0.15, 0.2) is 34.9 Å². The molecule has 4 aliphatic carbocycles. The highest BCUT2D eigenvalue weighted by atomic mass is 28.4. The molecular formula is C46H86O4Si3. The van der Waals surface area contributed by atoms with Gasteiger partial charge in [-0.2, -0.15) is 0 Å². The van der Waals surface area contributed by atoms with Crippen molar-refractivity contribution in [2.24, 2.45) is 22.7 Å². The van der Waals surface area contributed by atoms with Crippen LogP contribution in [0.2, 0.25) is 54.4 Å². The Labute approximate surface area is 332 Å². The van der Waals surface area contributed by atoms with Crippen molar-refractivity contribution in [3.63, 3.8) is 0 Å². The van der Waals surface area contributed by atoms with Gasteiger partial charge in [0.2, 0.25) is 0 Å². The van der Waals surface area contributed by atoms with Crippen LogP contribution in [0.5, 0.6) is 0 Å². The fourth-order valence-corrected chi connectivity index (χ4v) is 16.2. The molecule has 4 nitrogen and oxygen atoms in total. The van der Waals surface area contributed by atoms with Crippen LogP contribution in [0.4, 0.5) is 0 Å². The summed E-state index contributed by atoms with van der Waals surface area (Å²) in [5.41, 5.74) is 5.01. The normalized spacial score (nSPS) is 29.9. The first-order chi connectivity index (χ1) is 24.4. The van der Waals surface area contributed by atoms with Crippen molar-refractivity contribution < 1.29 is 18.0 Å². The van der Waals surface area contributed by atoms with E-state index in [0.29, 0.717) is 11.8 Å². The molecule has 0 radical (unpaired) electrons. The summed E-state index contributed by atoms with van der Waals surface area (Å²) in [5.74, 6) is 1.08. The van der Waals surface area contributed by atoms with Gasteiger partial charge in [0.15, 0.2) is 25.0 Å². The number of rotatable bonds is 17. The van der Waals surface area contributed by atoms with Crippen molar-refractivity contribution in [1.29, 1.82) is 0 Å². The Morgan fingerprint density at radius 2 is 1.38 bits per heavy atom. The van der Waals surface area contributed by atoms with Crippen LogP contribution in [0, 0.1) is 22.7 Å². The van der Waals surface area contributed by atoms with Gasteiger partial charge in [0.25, 0.3) is 0 Å². The molecule has 0 unspecified atom stereocenters. The quantitative estimate of drug-likeness (QED) is 0.0836. The summed E-state index contributed by atoms with van der Waals surface area (Å²) >= 11 is 0. The first-order valence-electron chi connectivity index (χ1n) is 22.2. The summed E-state index contributed by atoms with van der Waals surface area (Å²) in [6.07, 6.45) is 18.1. The minimum Gasteiger partial charge on any atom is -0.414 e. The van der Waals surface area contributed by atoms with E-state index in [1.165, 1.54) is 31.0 Å². The molecule has 0 heterocycles. The van der Waals surface area contributed by atoms with Crippen molar-refractivity contribution >= 4 is 25.0 Å². The molecule has 4 aliphatic rings. The van der Waals surface area contributed by atoms with E-state index in [1.54, 1.807) is 16.7 Å². The van der Waals surface area contributed by atoms with E-state index in [-0.39, 0.29) is 38.7 Å². The third kappa shape index (κ3) is 8.92. The second-order valence-corrected chi connectivity index (χ2v) is 35.6. The SMILES string of the molecule is CCC(CC)(CCCOCC1=CC[C@H]2C3=CC=C4C[C@@H](O[Si](C)(C)C(C)(C)C)C[C@H](O[Si](C)(C)C(C)(C)C)[C@]4(C)[C@H]3CC[C@]12C)O[Si](CC)(CC)CC. The van der Waals surface area contributed by atoms with Crippen LogP contribution in [0.25, 0.3) is 0 Å². The molecule has 4 rings (SSSR count). The largest absolute Gasteiger partial charge is 0.414 e. The molecule has 53 heavy (non-hydrogen) atoms. The molecule has 0 spiro atoms. The summed E-state index contributed by atoms with van der Waals surface area (Å²) in [6, 6.07) is 3.66. The molecule has 0 bridgehead atoms. The van der Waals surface area contributed by atoms with E-state index >= 15 is 0 Å². The van der Waals surface area contributed by atoms with Gasteiger partial charge in [-0.25, -0.2) is 0 Å². The molecule has 0 N–H and O–H groups in total. The van der Waals surface area contributed by atoms with Gasteiger partial charge in [0, 0.05) is 12.0 Å². The standard InChI is InChI=1S/C46H86O4Si3/c1-18-46(19-2,50-53(20-3,21-4)22-5)29-23-31-47-34-36-25-27-39-38-26-24-35-32-37(48-51(14,15)42(6,7)8)33-41(49-52(16,17)43(9,10)11)45(35,13)40(38)28-30-44(36,39)12/h24-26,37,39-41H,18-23,27-34H2,1-17H3/t37-,39+,40+,41+,44-,45+/m1/s1. The van der Waals surface area contributed by atoms with Gasteiger partial charge in [-0.15, -0.1) is 0 Å². The Morgan fingerprint density at radius 3 is 1.92 bits per heavy atom. The minimum absolute atomic E-state index is 0.00831. The third-order valence-electron chi connectivity index (χ3n) is 16.7. The Kier molecular flexibility index (Phi) is 14.2. The number of ether oxygens (including phenoxy) is 1. The van der Waals surface area contributed by atoms with E-state index in [4.69, 9.17) is 18.0 Å². The van der Waals surface area contributed by atoms with E-state index in [0.717, 1.165) is 58.2 Å². The van der Waals surface area contributed by atoms with Gasteiger partial charge in [-0.1, -0.05) is 119 Å². The fourth-order valence-electron chi connectivity index (χ4n) is 10.2. The maximum Gasteiger partial charge on any atom is 0.192 e. The van der Waals surface area contributed by atoms with Crippen molar-refractivity contribution in [2.45, 2.75) is 220 Å². The average molecular weight is 787 g/mol. The zero-order valence-corrected chi connectivity index (χ0v) is 41.1. The van der Waals surface area contributed by atoms with Crippen LogP contribution in [0.3, 0.4) is 0 Å². The summed E-state index contributed by atoms with van der Waals surface area (Å²) < 4.78 is 28.5. The zero-order valence-electron chi connectivity index (χ0n) is 38.1. The van der Waals surface area contributed by atoms with Crippen LogP contribution in [0.1, 0.15) is 148 Å². The third-order valence-corrected chi connectivity index (χ3v) is 30.4. The van der Waals surface area contributed by atoms with E-state index in [1.807, 2.05) is 0 Å². The van der Waals surface area contributed by atoms with Gasteiger partial charge >= 0.3 is 0 Å². The molecule has 306 valence electrons. The fraction of sp³-hybridized carbons (Fsp3) is 0.870. The maximum absolute atomic E-state index is 7.58. The van der Waals surface area contributed by atoms with Crippen LogP contribution < -0.4 is 0 Å². The molecule has 0 aliphatic heterocycles. The van der Waals surface area contributed by atoms with Crippen molar-refractivity contribution in [3.8, 4) is 0 Å². The molecule has 0 aromatic rings. The molecule has 0 aromatic carbocycles. The van der Waals surface area contributed by atoms with Crippen molar-refractivity contribution in [3.05, 3.63) is 34.9 Å². The average Bonchev–Trinajstić information content (AvgIpc) is 3.41. The molecule has 7 heteroatoms. The second kappa shape index (κ2) is 16.5. The molecule has 0 aromatic heterocycles. The van der Waals surface area contributed by atoms with Crippen molar-refractivity contribution in [1.82, 2.24) is 0 Å². The monoisotopic (exact) mass is 787 g/mol.